The molecule has 0 unspecified atom stereocenters. The van der Waals surface area contributed by atoms with Crippen molar-refractivity contribution in [1.82, 2.24) is 9.66 Å². The number of nitrogens with zero attached hydrogens (tertiary/aromatic N) is 3. The summed E-state index contributed by atoms with van der Waals surface area (Å²) in [6, 6.07) is 17.6. The van der Waals surface area contributed by atoms with E-state index in [2.05, 4.69) is 21.0 Å². The number of ether oxygens (including phenoxy) is 4. The van der Waals surface area contributed by atoms with E-state index in [9.17, 15) is 9.59 Å². The number of furan rings is 1. The Morgan fingerprint density at radius 3 is 2.56 bits per heavy atom. The fourth-order valence-electron chi connectivity index (χ4n) is 4.19. The number of benzene rings is 3. The second-order valence-corrected chi connectivity index (χ2v) is 10.0. The summed E-state index contributed by atoms with van der Waals surface area (Å²) in [7, 11) is 3.06. The molecule has 3 aromatic carbocycles. The summed E-state index contributed by atoms with van der Waals surface area (Å²) < 4.78 is 29.5. The number of halogens is 1. The lowest BCUT2D eigenvalue weighted by Gasteiger charge is -2.13. The van der Waals surface area contributed by atoms with Gasteiger partial charge in [0, 0.05) is 10.0 Å². The van der Waals surface area contributed by atoms with Gasteiger partial charge in [-0.1, -0.05) is 18.2 Å². The second-order valence-electron chi connectivity index (χ2n) is 9.15. The average molecular weight is 620 g/mol. The molecule has 0 saturated heterocycles. The zero-order chi connectivity index (χ0) is 29.1. The van der Waals surface area contributed by atoms with E-state index >= 15 is 0 Å². The van der Waals surface area contributed by atoms with Gasteiger partial charge in [0.15, 0.2) is 23.9 Å². The summed E-state index contributed by atoms with van der Waals surface area (Å²) in [5.41, 5.74) is 1.29. The van der Waals surface area contributed by atoms with E-state index in [-0.39, 0.29) is 24.1 Å². The average Bonchev–Trinajstić information content (AvgIpc) is 3.40. The Kier molecular flexibility index (Phi) is 8.06. The van der Waals surface area contributed by atoms with Gasteiger partial charge in [-0.25, -0.2) is 9.78 Å². The third kappa shape index (κ3) is 5.80. The van der Waals surface area contributed by atoms with Crippen molar-refractivity contribution in [2.75, 3.05) is 20.8 Å². The maximum Gasteiger partial charge on any atom is 0.344 e. The highest BCUT2D eigenvalue weighted by molar-refractivity contribution is 9.10. The fraction of sp³-hybridized carbons (Fsp3) is 0.200. The van der Waals surface area contributed by atoms with Crippen molar-refractivity contribution in [2.45, 2.75) is 20.0 Å². The van der Waals surface area contributed by atoms with Crippen molar-refractivity contribution in [2.24, 2.45) is 5.10 Å². The normalized spacial score (nSPS) is 11.5. The number of carbonyl (C=O) groups is 1. The van der Waals surface area contributed by atoms with Crippen LogP contribution in [0.5, 0.6) is 17.2 Å². The molecule has 41 heavy (non-hydrogen) atoms. The molecule has 0 aliphatic carbocycles. The molecule has 2 heterocycles. The first-order valence-electron chi connectivity index (χ1n) is 12.6. The van der Waals surface area contributed by atoms with Gasteiger partial charge in [-0.05, 0) is 72.2 Å². The summed E-state index contributed by atoms with van der Waals surface area (Å²) >= 11 is 3.51. The van der Waals surface area contributed by atoms with E-state index in [1.165, 1.54) is 18.0 Å². The van der Waals surface area contributed by atoms with E-state index in [1.807, 2.05) is 24.3 Å². The first-order chi connectivity index (χ1) is 19.8. The maximum absolute atomic E-state index is 13.6. The van der Waals surface area contributed by atoms with Crippen LogP contribution in [-0.2, 0) is 9.53 Å². The molecule has 2 aromatic heterocycles. The summed E-state index contributed by atoms with van der Waals surface area (Å²) in [5.74, 6) is 1.39. The minimum absolute atomic E-state index is 0.218. The van der Waals surface area contributed by atoms with Gasteiger partial charge < -0.3 is 23.4 Å². The number of esters is 1. The molecule has 0 aliphatic heterocycles. The van der Waals surface area contributed by atoms with E-state index < -0.39 is 5.97 Å². The predicted octanol–water partition coefficient (Wildman–Crippen LogP) is 5.80. The highest BCUT2D eigenvalue weighted by atomic mass is 79.9. The van der Waals surface area contributed by atoms with E-state index in [1.54, 1.807) is 57.4 Å². The highest BCUT2D eigenvalue weighted by Crippen LogP contribution is 2.34. The second kappa shape index (κ2) is 11.8. The van der Waals surface area contributed by atoms with Gasteiger partial charge in [0.05, 0.1) is 42.8 Å². The number of rotatable bonds is 9. The molecule has 0 spiro atoms. The zero-order valence-corrected chi connectivity index (χ0v) is 24.3. The Morgan fingerprint density at radius 1 is 1.02 bits per heavy atom. The predicted molar refractivity (Wildman–Crippen MR) is 158 cm³/mol. The molecule has 0 fully saturated rings. The van der Waals surface area contributed by atoms with Crippen LogP contribution >= 0.6 is 15.9 Å². The van der Waals surface area contributed by atoms with Crippen LogP contribution in [0.1, 0.15) is 19.4 Å². The van der Waals surface area contributed by atoms with Crippen molar-refractivity contribution < 1.29 is 28.2 Å². The number of methoxy groups -OCH3 is 2. The van der Waals surface area contributed by atoms with Gasteiger partial charge in [-0.2, -0.15) is 9.78 Å². The molecule has 0 saturated carbocycles. The Labute approximate surface area is 243 Å². The monoisotopic (exact) mass is 619 g/mol. The smallest absolute Gasteiger partial charge is 0.344 e. The summed E-state index contributed by atoms with van der Waals surface area (Å²) in [5, 5.41) is 5.65. The zero-order valence-electron chi connectivity index (χ0n) is 22.7. The lowest BCUT2D eigenvalue weighted by atomic mass is 10.2. The SMILES string of the molecule is COc1cc(C=Nn2c(-c3cc4c(OC)cccc4o3)nc3ccccc3c2=O)c(Br)cc1OCC(=O)OC(C)C. The number of para-hydroxylation sites is 1. The van der Waals surface area contributed by atoms with Gasteiger partial charge in [-0.15, -0.1) is 0 Å². The summed E-state index contributed by atoms with van der Waals surface area (Å²) in [4.78, 5) is 30.3. The molecule has 5 rings (SSSR count). The lowest BCUT2D eigenvalue weighted by Crippen LogP contribution is -2.20. The minimum atomic E-state index is -0.497. The quantitative estimate of drug-likeness (QED) is 0.150. The van der Waals surface area contributed by atoms with Crippen molar-refractivity contribution in [3.8, 4) is 28.8 Å². The van der Waals surface area contributed by atoms with Crippen molar-refractivity contribution >= 4 is 50.0 Å². The van der Waals surface area contributed by atoms with E-state index in [0.29, 0.717) is 49.5 Å². The van der Waals surface area contributed by atoms with Crippen LogP contribution in [0.4, 0.5) is 0 Å². The van der Waals surface area contributed by atoms with Gasteiger partial charge >= 0.3 is 5.97 Å². The highest BCUT2D eigenvalue weighted by Gasteiger charge is 2.18. The number of hydrogen-bond donors (Lipinski definition) is 0. The molecule has 5 aromatic rings. The van der Waals surface area contributed by atoms with E-state index in [4.69, 9.17) is 28.3 Å². The third-order valence-electron chi connectivity index (χ3n) is 6.02. The van der Waals surface area contributed by atoms with Crippen LogP contribution < -0.4 is 19.8 Å². The lowest BCUT2D eigenvalue weighted by molar-refractivity contribution is -0.149. The molecule has 0 atom stereocenters. The van der Waals surface area contributed by atoms with Crippen LogP contribution in [0.25, 0.3) is 33.5 Å². The summed E-state index contributed by atoms with van der Waals surface area (Å²) in [6.07, 6.45) is 1.24. The molecule has 0 bridgehead atoms. The fourth-order valence-corrected chi connectivity index (χ4v) is 4.61. The number of hydrogen-bond acceptors (Lipinski definition) is 9. The van der Waals surface area contributed by atoms with Crippen LogP contribution in [-0.4, -0.2) is 48.8 Å². The first-order valence-corrected chi connectivity index (χ1v) is 13.4. The molecule has 0 radical (unpaired) electrons. The molecular weight excluding hydrogens is 594 g/mol. The van der Waals surface area contributed by atoms with Crippen molar-refractivity contribution in [3.63, 3.8) is 0 Å². The van der Waals surface area contributed by atoms with Gasteiger partial charge in [0.1, 0.15) is 11.3 Å². The Morgan fingerprint density at radius 2 is 1.80 bits per heavy atom. The van der Waals surface area contributed by atoms with E-state index in [0.717, 1.165) is 5.39 Å². The Hall–Kier alpha value is -4.64. The molecule has 10 nitrogen and oxygen atoms in total. The van der Waals surface area contributed by atoms with Crippen LogP contribution in [0.2, 0.25) is 0 Å². The first kappa shape index (κ1) is 27.9. The van der Waals surface area contributed by atoms with Crippen LogP contribution in [0.3, 0.4) is 0 Å². The number of carbonyl (C=O) groups excluding carboxylic acids is 1. The molecule has 0 aliphatic rings. The summed E-state index contributed by atoms with van der Waals surface area (Å²) in [6.45, 7) is 3.24. The van der Waals surface area contributed by atoms with Gasteiger partial charge in [0.25, 0.3) is 5.56 Å². The molecule has 11 heteroatoms. The molecule has 210 valence electrons. The molecular formula is C30H26BrN3O7. The Bertz CT molecular complexity index is 1840. The van der Waals surface area contributed by atoms with Crippen molar-refractivity contribution in [1.29, 1.82) is 0 Å². The van der Waals surface area contributed by atoms with Crippen molar-refractivity contribution in [3.05, 3.63) is 81.1 Å². The van der Waals surface area contributed by atoms with Gasteiger partial charge in [0.2, 0.25) is 5.82 Å². The number of fused-ring (bicyclic) bond motifs is 2. The molecule has 0 N–H and O–H groups in total. The van der Waals surface area contributed by atoms with Crippen LogP contribution in [0.15, 0.2) is 79.4 Å². The van der Waals surface area contributed by atoms with Gasteiger partial charge in [-0.3, -0.25) is 4.79 Å². The minimum Gasteiger partial charge on any atom is -0.496 e. The topological polar surface area (TPSA) is 114 Å². The third-order valence-corrected chi connectivity index (χ3v) is 6.71. The maximum atomic E-state index is 13.6. The Balaban J connectivity index is 1.57. The number of aromatic nitrogens is 2. The molecule has 0 amide bonds. The van der Waals surface area contributed by atoms with Crippen LogP contribution in [0, 0.1) is 0 Å². The standard InChI is InChI=1S/C30H26BrN3O7/c1-17(2)40-28(35)16-39-26-14-21(31)18(12-25(26)38-4)15-32-34-29(33-22-9-6-5-8-19(22)30(34)36)27-13-20-23(37-3)10-7-11-24(20)41-27/h5-15,17H,16H2,1-4H3. The largest absolute Gasteiger partial charge is 0.496 e.